The Labute approximate surface area is 163 Å². The Hall–Kier alpha value is -2.57. The number of anilines is 1. The van der Waals surface area contributed by atoms with Gasteiger partial charge in [-0.3, -0.25) is 9.63 Å². The fourth-order valence-electron chi connectivity index (χ4n) is 2.22. The molecule has 2 rings (SSSR count). The molecule has 0 aliphatic rings. The minimum atomic E-state index is -0.706. The molecule has 0 aromatic heterocycles. The molecule has 2 aromatic rings. The minimum absolute atomic E-state index is 0.00962. The van der Waals surface area contributed by atoms with E-state index in [9.17, 15) is 9.59 Å². The van der Waals surface area contributed by atoms with Crippen molar-refractivity contribution in [2.24, 2.45) is 5.92 Å². The third-order valence-corrected chi connectivity index (χ3v) is 4.02. The van der Waals surface area contributed by atoms with Gasteiger partial charge in [-0.25, -0.2) is 4.79 Å². The normalized spacial score (nSPS) is 11.7. The van der Waals surface area contributed by atoms with Crippen molar-refractivity contribution in [3.05, 3.63) is 65.2 Å². The van der Waals surface area contributed by atoms with Crippen molar-refractivity contribution in [3.8, 4) is 0 Å². The Balaban J connectivity index is 1.77. The lowest BCUT2D eigenvalue weighted by Crippen LogP contribution is -2.35. The van der Waals surface area contributed by atoms with E-state index in [1.54, 1.807) is 24.3 Å². The number of hydroxylamine groups is 1. The van der Waals surface area contributed by atoms with E-state index < -0.39 is 12.2 Å². The van der Waals surface area contributed by atoms with Crippen LogP contribution in [0.1, 0.15) is 25.8 Å². The van der Waals surface area contributed by atoms with Crippen LogP contribution in [0.3, 0.4) is 0 Å². The molecule has 6 nitrogen and oxygen atoms in total. The fourth-order valence-corrected chi connectivity index (χ4v) is 2.34. The summed E-state index contributed by atoms with van der Waals surface area (Å²) >= 11 is 5.83. The van der Waals surface area contributed by atoms with E-state index >= 15 is 0 Å². The summed E-state index contributed by atoms with van der Waals surface area (Å²) in [5, 5.41) is 3.36. The molecular formula is C20H23ClN2O4. The lowest BCUT2D eigenvalue weighted by atomic mass is 10.0. The fraction of sp³-hybridized carbons (Fsp3) is 0.300. The number of carbonyl (C=O) groups excluding carboxylic acids is 2. The van der Waals surface area contributed by atoms with Crippen LogP contribution in [0, 0.1) is 5.92 Å². The van der Waals surface area contributed by atoms with E-state index in [4.69, 9.17) is 21.2 Å². The number of carbonyl (C=O) groups is 2. The van der Waals surface area contributed by atoms with Crippen LogP contribution in [0.2, 0.25) is 5.02 Å². The first-order chi connectivity index (χ1) is 12.9. The number of ether oxygens (including phenoxy) is 1. The van der Waals surface area contributed by atoms with Gasteiger partial charge in [-0.15, -0.1) is 0 Å². The summed E-state index contributed by atoms with van der Waals surface area (Å²) in [7, 11) is 0. The van der Waals surface area contributed by atoms with Crippen LogP contribution in [0.15, 0.2) is 54.6 Å². The maximum Gasteiger partial charge on any atom is 0.431 e. The van der Waals surface area contributed by atoms with Gasteiger partial charge in [0.05, 0.1) is 12.5 Å². The van der Waals surface area contributed by atoms with Crippen molar-refractivity contribution in [2.75, 3.05) is 5.32 Å². The molecule has 0 spiro atoms. The third kappa shape index (κ3) is 7.68. The molecular weight excluding hydrogens is 368 g/mol. The SMILES string of the molecule is CC(C)[C@H](CC(=O)Nc1ccc(Cl)cc1)ONC(=O)OCc1ccccc1. The smallest absolute Gasteiger partial charge is 0.431 e. The van der Waals surface area contributed by atoms with Gasteiger partial charge in [0.25, 0.3) is 0 Å². The molecule has 0 saturated carbocycles. The highest BCUT2D eigenvalue weighted by Gasteiger charge is 2.20. The van der Waals surface area contributed by atoms with E-state index in [2.05, 4.69) is 10.8 Å². The predicted molar refractivity (Wildman–Crippen MR) is 104 cm³/mol. The zero-order chi connectivity index (χ0) is 19.6. The van der Waals surface area contributed by atoms with E-state index in [0.717, 1.165) is 5.56 Å². The van der Waals surface area contributed by atoms with Crippen LogP contribution >= 0.6 is 11.6 Å². The summed E-state index contributed by atoms with van der Waals surface area (Å²) < 4.78 is 5.08. The van der Waals surface area contributed by atoms with Crippen molar-refractivity contribution >= 4 is 29.3 Å². The summed E-state index contributed by atoms with van der Waals surface area (Å²) in [6.07, 6.45) is -1.12. The first-order valence-corrected chi connectivity index (χ1v) is 8.99. The second-order valence-corrected chi connectivity index (χ2v) is 6.76. The molecule has 7 heteroatoms. The quantitative estimate of drug-likeness (QED) is 0.648. The van der Waals surface area contributed by atoms with Crippen LogP contribution in [0.4, 0.5) is 10.5 Å². The van der Waals surface area contributed by atoms with Crippen LogP contribution < -0.4 is 10.8 Å². The second-order valence-electron chi connectivity index (χ2n) is 6.32. The van der Waals surface area contributed by atoms with Crippen LogP contribution in [0.25, 0.3) is 0 Å². The van der Waals surface area contributed by atoms with Gasteiger partial charge < -0.3 is 10.1 Å². The molecule has 2 N–H and O–H groups in total. The van der Waals surface area contributed by atoms with Crippen LogP contribution in [-0.2, 0) is 21.0 Å². The number of benzene rings is 2. The van der Waals surface area contributed by atoms with Crippen molar-refractivity contribution < 1.29 is 19.2 Å². The Bertz CT molecular complexity index is 735. The van der Waals surface area contributed by atoms with Crippen molar-refractivity contribution in [3.63, 3.8) is 0 Å². The first kappa shape index (κ1) is 20.7. The Morgan fingerprint density at radius 1 is 1.04 bits per heavy atom. The zero-order valence-corrected chi connectivity index (χ0v) is 16.0. The summed E-state index contributed by atoms with van der Waals surface area (Å²) in [5.41, 5.74) is 3.76. The zero-order valence-electron chi connectivity index (χ0n) is 15.3. The van der Waals surface area contributed by atoms with Crippen LogP contribution in [0.5, 0.6) is 0 Å². The standard InChI is InChI=1S/C20H23ClN2O4/c1-14(2)18(12-19(24)22-17-10-8-16(21)9-11-17)27-23-20(25)26-13-15-6-4-3-5-7-15/h3-11,14,18H,12-13H2,1-2H3,(H,22,24)(H,23,25)/t18-/m0/s1. The number of halogens is 1. The highest BCUT2D eigenvalue weighted by Crippen LogP contribution is 2.15. The molecule has 0 aliphatic carbocycles. The molecule has 0 saturated heterocycles. The topological polar surface area (TPSA) is 76.7 Å². The Morgan fingerprint density at radius 2 is 1.70 bits per heavy atom. The van der Waals surface area contributed by atoms with Crippen molar-refractivity contribution in [1.82, 2.24) is 5.48 Å². The van der Waals surface area contributed by atoms with Gasteiger partial charge in [0.1, 0.15) is 6.61 Å². The molecule has 0 bridgehead atoms. The molecule has 2 amide bonds. The van der Waals surface area contributed by atoms with Gasteiger partial charge in [-0.1, -0.05) is 55.8 Å². The average Bonchev–Trinajstić information content (AvgIpc) is 2.66. The highest BCUT2D eigenvalue weighted by molar-refractivity contribution is 6.30. The van der Waals surface area contributed by atoms with Crippen molar-refractivity contribution in [1.29, 1.82) is 0 Å². The average molecular weight is 391 g/mol. The molecule has 2 aromatic carbocycles. The first-order valence-electron chi connectivity index (χ1n) is 8.62. The highest BCUT2D eigenvalue weighted by atomic mass is 35.5. The van der Waals surface area contributed by atoms with E-state index in [1.165, 1.54) is 0 Å². The molecule has 0 unspecified atom stereocenters. The van der Waals surface area contributed by atoms with Crippen LogP contribution in [-0.4, -0.2) is 18.1 Å². The number of amides is 2. The van der Waals surface area contributed by atoms with Gasteiger partial charge in [0.2, 0.25) is 5.91 Å². The molecule has 27 heavy (non-hydrogen) atoms. The van der Waals surface area contributed by atoms with Gasteiger partial charge in [-0.2, -0.15) is 5.48 Å². The largest absolute Gasteiger partial charge is 0.443 e. The second kappa shape index (κ2) is 10.5. The molecule has 1 atom stereocenters. The van der Waals surface area contributed by atoms with Crippen molar-refractivity contribution in [2.45, 2.75) is 33.0 Å². The molecule has 0 aliphatic heterocycles. The van der Waals surface area contributed by atoms with Gasteiger partial charge in [0.15, 0.2) is 0 Å². The number of hydrogen-bond donors (Lipinski definition) is 2. The van der Waals surface area contributed by atoms with E-state index in [1.807, 2.05) is 44.2 Å². The lowest BCUT2D eigenvalue weighted by Gasteiger charge is -2.20. The minimum Gasteiger partial charge on any atom is -0.443 e. The van der Waals surface area contributed by atoms with Gasteiger partial charge >= 0.3 is 6.09 Å². The molecule has 0 heterocycles. The van der Waals surface area contributed by atoms with Gasteiger partial charge in [0, 0.05) is 10.7 Å². The van der Waals surface area contributed by atoms with E-state index in [-0.39, 0.29) is 24.9 Å². The summed E-state index contributed by atoms with van der Waals surface area (Å²) in [6, 6.07) is 16.1. The molecule has 0 radical (unpaired) electrons. The predicted octanol–water partition coefficient (Wildman–Crippen LogP) is 4.55. The maximum absolute atomic E-state index is 12.2. The monoisotopic (exact) mass is 390 g/mol. The summed E-state index contributed by atoms with van der Waals surface area (Å²) in [5.74, 6) is -0.217. The van der Waals surface area contributed by atoms with E-state index in [0.29, 0.717) is 10.7 Å². The van der Waals surface area contributed by atoms with Gasteiger partial charge in [-0.05, 0) is 35.7 Å². The number of hydrogen-bond acceptors (Lipinski definition) is 4. The molecule has 144 valence electrons. The Kier molecular flexibility index (Phi) is 8.10. The number of nitrogens with one attached hydrogen (secondary N) is 2. The lowest BCUT2D eigenvalue weighted by molar-refractivity contribution is -0.122. The maximum atomic E-state index is 12.2. The summed E-state index contributed by atoms with van der Waals surface area (Å²) in [4.78, 5) is 29.4. The Morgan fingerprint density at radius 3 is 2.33 bits per heavy atom. The summed E-state index contributed by atoms with van der Waals surface area (Å²) in [6.45, 7) is 3.94. The number of rotatable bonds is 8. The third-order valence-electron chi connectivity index (χ3n) is 3.76. The molecule has 0 fully saturated rings.